The Hall–Kier alpha value is -1.36. The van der Waals surface area contributed by atoms with Crippen molar-refractivity contribution in [3.05, 3.63) is 51.9 Å². The van der Waals surface area contributed by atoms with Crippen molar-refractivity contribution in [3.63, 3.8) is 0 Å². The summed E-state index contributed by atoms with van der Waals surface area (Å²) >= 11 is 2.92. The largest absolute Gasteiger partial charge is 0.467 e. The Bertz CT molecular complexity index is 539. The summed E-state index contributed by atoms with van der Waals surface area (Å²) in [5.41, 5.74) is 1.08. The standard InChI is InChI=1S/C12H10BrF2NO/c1-7-2-3-17-12(7)6-16-11-5-9(14)8(13)4-10(11)15/h2-5,16H,6H2,1H3. The fourth-order valence-electron chi connectivity index (χ4n) is 1.42. The number of aryl methyl sites for hydroxylation is 1. The summed E-state index contributed by atoms with van der Waals surface area (Å²) in [6.07, 6.45) is 1.56. The van der Waals surface area contributed by atoms with Crippen molar-refractivity contribution >= 4 is 21.6 Å². The summed E-state index contributed by atoms with van der Waals surface area (Å²) in [7, 11) is 0. The van der Waals surface area contributed by atoms with Crippen molar-refractivity contribution in [2.24, 2.45) is 0 Å². The molecule has 0 aliphatic rings. The maximum Gasteiger partial charge on any atom is 0.147 e. The van der Waals surface area contributed by atoms with Crippen LogP contribution in [0.4, 0.5) is 14.5 Å². The summed E-state index contributed by atoms with van der Waals surface area (Å²) in [5, 5.41) is 2.79. The molecule has 0 bridgehead atoms. The first-order valence-corrected chi connectivity index (χ1v) is 5.78. The van der Waals surface area contributed by atoms with E-state index < -0.39 is 11.6 Å². The van der Waals surface area contributed by atoms with E-state index in [0.717, 1.165) is 17.7 Å². The average molecular weight is 302 g/mol. The lowest BCUT2D eigenvalue weighted by Crippen LogP contribution is -2.02. The van der Waals surface area contributed by atoms with Crippen LogP contribution in [0.5, 0.6) is 0 Å². The van der Waals surface area contributed by atoms with Gasteiger partial charge in [-0.15, -0.1) is 0 Å². The second-order valence-corrected chi connectivity index (χ2v) is 4.48. The summed E-state index contributed by atoms with van der Waals surface area (Å²) in [5.74, 6) is -0.319. The van der Waals surface area contributed by atoms with Crippen LogP contribution in [-0.2, 0) is 6.54 Å². The highest BCUT2D eigenvalue weighted by molar-refractivity contribution is 9.10. The van der Waals surface area contributed by atoms with E-state index in [1.54, 1.807) is 6.26 Å². The van der Waals surface area contributed by atoms with Gasteiger partial charge in [-0.2, -0.15) is 0 Å². The number of benzene rings is 1. The highest BCUT2D eigenvalue weighted by Crippen LogP contribution is 2.24. The molecule has 90 valence electrons. The van der Waals surface area contributed by atoms with Gasteiger partial charge in [0.1, 0.15) is 17.4 Å². The van der Waals surface area contributed by atoms with E-state index in [1.807, 2.05) is 13.0 Å². The molecule has 2 rings (SSSR count). The smallest absolute Gasteiger partial charge is 0.147 e. The highest BCUT2D eigenvalue weighted by Gasteiger charge is 2.09. The number of halogens is 3. The van der Waals surface area contributed by atoms with Crippen molar-refractivity contribution < 1.29 is 13.2 Å². The lowest BCUT2D eigenvalue weighted by Gasteiger charge is -2.07. The molecule has 2 aromatic rings. The molecule has 0 amide bonds. The van der Waals surface area contributed by atoms with E-state index in [-0.39, 0.29) is 10.2 Å². The predicted octanol–water partition coefficient (Wildman–Crippen LogP) is 4.24. The number of anilines is 1. The molecular weight excluding hydrogens is 292 g/mol. The zero-order valence-electron chi connectivity index (χ0n) is 9.06. The topological polar surface area (TPSA) is 25.2 Å². The number of hydrogen-bond acceptors (Lipinski definition) is 2. The Morgan fingerprint density at radius 1 is 1.29 bits per heavy atom. The Balaban J connectivity index is 2.14. The zero-order chi connectivity index (χ0) is 12.4. The molecule has 0 atom stereocenters. The average Bonchev–Trinajstić information content (AvgIpc) is 2.68. The molecule has 1 heterocycles. The van der Waals surface area contributed by atoms with E-state index in [9.17, 15) is 8.78 Å². The van der Waals surface area contributed by atoms with Gasteiger partial charge in [0.2, 0.25) is 0 Å². The van der Waals surface area contributed by atoms with Crippen LogP contribution in [0.15, 0.2) is 33.4 Å². The Labute approximate surface area is 106 Å². The summed E-state index contributed by atoms with van der Waals surface area (Å²) in [4.78, 5) is 0. The molecule has 1 aromatic heterocycles. The van der Waals surface area contributed by atoms with Gasteiger partial charge in [-0.25, -0.2) is 8.78 Å². The van der Waals surface area contributed by atoms with Gasteiger partial charge in [0.25, 0.3) is 0 Å². The minimum atomic E-state index is -0.512. The molecule has 0 radical (unpaired) electrons. The normalized spacial score (nSPS) is 10.6. The Morgan fingerprint density at radius 2 is 2.06 bits per heavy atom. The van der Waals surface area contributed by atoms with Crippen LogP contribution in [-0.4, -0.2) is 0 Å². The van der Waals surface area contributed by atoms with Crippen molar-refractivity contribution in [1.82, 2.24) is 0 Å². The van der Waals surface area contributed by atoms with E-state index in [2.05, 4.69) is 21.2 Å². The van der Waals surface area contributed by atoms with Crippen LogP contribution in [0.2, 0.25) is 0 Å². The van der Waals surface area contributed by atoms with Crippen molar-refractivity contribution in [2.75, 3.05) is 5.32 Å². The van der Waals surface area contributed by atoms with E-state index in [0.29, 0.717) is 12.3 Å². The molecule has 1 aromatic carbocycles. The lowest BCUT2D eigenvalue weighted by atomic mass is 10.2. The molecule has 1 N–H and O–H groups in total. The van der Waals surface area contributed by atoms with Crippen LogP contribution in [0, 0.1) is 18.6 Å². The molecule has 0 aliphatic heterocycles. The molecule has 0 fully saturated rings. The van der Waals surface area contributed by atoms with Crippen molar-refractivity contribution in [3.8, 4) is 0 Å². The maximum absolute atomic E-state index is 13.5. The van der Waals surface area contributed by atoms with Crippen LogP contribution >= 0.6 is 15.9 Å². The Morgan fingerprint density at radius 3 is 2.71 bits per heavy atom. The zero-order valence-corrected chi connectivity index (χ0v) is 10.6. The first kappa shape index (κ1) is 12.1. The summed E-state index contributed by atoms with van der Waals surface area (Å²) in [6.45, 7) is 2.20. The number of nitrogens with one attached hydrogen (secondary N) is 1. The third-order valence-electron chi connectivity index (χ3n) is 2.42. The van der Waals surface area contributed by atoms with Gasteiger partial charge in [-0.05, 0) is 40.5 Å². The molecular formula is C12H10BrF2NO. The third kappa shape index (κ3) is 2.66. The van der Waals surface area contributed by atoms with Crippen LogP contribution < -0.4 is 5.32 Å². The van der Waals surface area contributed by atoms with Crippen LogP contribution in [0.1, 0.15) is 11.3 Å². The minimum Gasteiger partial charge on any atom is -0.467 e. The van der Waals surface area contributed by atoms with Crippen LogP contribution in [0.3, 0.4) is 0 Å². The minimum absolute atomic E-state index is 0.106. The summed E-state index contributed by atoms with van der Waals surface area (Å²) < 4.78 is 32.0. The van der Waals surface area contributed by atoms with E-state index in [1.165, 1.54) is 0 Å². The van der Waals surface area contributed by atoms with Gasteiger partial charge in [-0.1, -0.05) is 0 Å². The molecule has 0 unspecified atom stereocenters. The second-order valence-electron chi connectivity index (χ2n) is 3.63. The van der Waals surface area contributed by atoms with Crippen molar-refractivity contribution in [2.45, 2.75) is 13.5 Å². The number of rotatable bonds is 3. The molecule has 0 aliphatic carbocycles. The molecule has 2 nitrogen and oxygen atoms in total. The SMILES string of the molecule is Cc1ccoc1CNc1cc(F)c(Br)cc1F. The number of hydrogen-bond donors (Lipinski definition) is 1. The molecule has 0 saturated heterocycles. The van der Waals surface area contributed by atoms with E-state index in [4.69, 9.17) is 4.42 Å². The van der Waals surface area contributed by atoms with E-state index >= 15 is 0 Å². The fraction of sp³-hybridized carbons (Fsp3) is 0.167. The van der Waals surface area contributed by atoms with Gasteiger partial charge in [-0.3, -0.25) is 0 Å². The fourth-order valence-corrected chi connectivity index (χ4v) is 1.73. The molecule has 5 heteroatoms. The monoisotopic (exact) mass is 301 g/mol. The number of furan rings is 1. The Kier molecular flexibility index (Phi) is 3.47. The van der Waals surface area contributed by atoms with Gasteiger partial charge >= 0.3 is 0 Å². The highest BCUT2D eigenvalue weighted by atomic mass is 79.9. The molecule has 17 heavy (non-hydrogen) atoms. The quantitative estimate of drug-likeness (QED) is 0.858. The van der Waals surface area contributed by atoms with Crippen LogP contribution in [0.25, 0.3) is 0 Å². The lowest BCUT2D eigenvalue weighted by molar-refractivity contribution is 0.514. The van der Waals surface area contributed by atoms with Gasteiger partial charge in [0.15, 0.2) is 0 Å². The van der Waals surface area contributed by atoms with Gasteiger partial charge in [0, 0.05) is 6.07 Å². The molecule has 0 saturated carbocycles. The van der Waals surface area contributed by atoms with Crippen molar-refractivity contribution in [1.29, 1.82) is 0 Å². The van der Waals surface area contributed by atoms with Gasteiger partial charge < -0.3 is 9.73 Å². The third-order valence-corrected chi connectivity index (χ3v) is 3.03. The first-order valence-electron chi connectivity index (χ1n) is 4.99. The maximum atomic E-state index is 13.5. The van der Waals surface area contributed by atoms with Gasteiger partial charge in [0.05, 0.1) is 23.0 Å². The molecule has 0 spiro atoms. The summed E-state index contributed by atoms with van der Waals surface area (Å²) in [6, 6.07) is 4.01. The predicted molar refractivity (Wildman–Crippen MR) is 64.8 cm³/mol. The second kappa shape index (κ2) is 4.87. The first-order chi connectivity index (χ1) is 8.08.